The van der Waals surface area contributed by atoms with Crippen molar-refractivity contribution in [2.24, 2.45) is 0 Å². The van der Waals surface area contributed by atoms with Crippen LogP contribution in [0.4, 0.5) is 0 Å². The Morgan fingerprint density at radius 1 is 1.09 bits per heavy atom. The fourth-order valence-electron chi connectivity index (χ4n) is 4.14. The minimum Gasteiger partial charge on any atom is -0.347 e. The Morgan fingerprint density at radius 3 is 2.51 bits per heavy atom. The second-order valence-electron chi connectivity index (χ2n) is 8.84. The van der Waals surface area contributed by atoms with Gasteiger partial charge in [-0.05, 0) is 35.2 Å². The maximum absolute atomic E-state index is 13.4. The lowest BCUT2D eigenvalue weighted by atomic mass is 9.99. The summed E-state index contributed by atoms with van der Waals surface area (Å²) >= 11 is 0. The van der Waals surface area contributed by atoms with Crippen LogP contribution >= 0.6 is 0 Å². The quantitative estimate of drug-likeness (QED) is 0.388. The topological polar surface area (TPSA) is 83.9 Å². The van der Waals surface area contributed by atoms with Gasteiger partial charge in [0, 0.05) is 33.3 Å². The van der Waals surface area contributed by atoms with Crippen LogP contribution in [0.15, 0.2) is 65.6 Å². The third kappa shape index (κ3) is 5.02. The van der Waals surface area contributed by atoms with Crippen LogP contribution in [0.25, 0.3) is 22.2 Å². The van der Waals surface area contributed by atoms with Gasteiger partial charge in [-0.2, -0.15) is 5.26 Å². The number of aromatic nitrogens is 3. The number of fused-ring (bicyclic) bond motifs is 1. The fraction of sp³-hybridized carbons (Fsp3) is 0.286. The molecule has 0 saturated heterocycles. The summed E-state index contributed by atoms with van der Waals surface area (Å²) in [5.74, 6) is 0.728. The van der Waals surface area contributed by atoms with Gasteiger partial charge in [-0.3, -0.25) is 9.59 Å². The van der Waals surface area contributed by atoms with Crippen molar-refractivity contribution < 1.29 is 4.79 Å². The van der Waals surface area contributed by atoms with E-state index in [1.54, 1.807) is 20.3 Å². The number of pyridine rings is 1. The maximum Gasteiger partial charge on any atom is 0.277 e. The van der Waals surface area contributed by atoms with Crippen molar-refractivity contribution in [2.45, 2.75) is 39.3 Å². The molecule has 0 unspecified atom stereocenters. The minimum absolute atomic E-state index is 0.00968. The van der Waals surface area contributed by atoms with Gasteiger partial charge in [-0.25, -0.2) is 4.98 Å². The number of unbranched alkanes of at least 4 members (excludes halogenated alkanes) is 1. The second-order valence-corrected chi connectivity index (χ2v) is 8.84. The van der Waals surface area contributed by atoms with Gasteiger partial charge in [0.2, 0.25) is 5.91 Å². The first-order valence-corrected chi connectivity index (χ1v) is 11.8. The molecule has 0 radical (unpaired) electrons. The summed E-state index contributed by atoms with van der Waals surface area (Å²) < 4.78 is 3.44. The number of amides is 1. The zero-order valence-corrected chi connectivity index (χ0v) is 20.4. The number of nitriles is 1. The van der Waals surface area contributed by atoms with Gasteiger partial charge in [0.15, 0.2) is 0 Å². The molecule has 2 aromatic heterocycles. The predicted molar refractivity (Wildman–Crippen MR) is 137 cm³/mol. The molecule has 2 heterocycles. The van der Waals surface area contributed by atoms with Crippen LogP contribution in [-0.4, -0.2) is 39.0 Å². The molecule has 4 aromatic rings. The Balaban J connectivity index is 1.73. The van der Waals surface area contributed by atoms with Gasteiger partial charge in [0.25, 0.3) is 5.56 Å². The molecule has 0 bridgehead atoms. The molecule has 7 heteroatoms. The third-order valence-electron chi connectivity index (χ3n) is 6.16. The van der Waals surface area contributed by atoms with Gasteiger partial charge in [-0.15, -0.1) is 0 Å². The lowest BCUT2D eigenvalue weighted by Crippen LogP contribution is -2.31. The summed E-state index contributed by atoms with van der Waals surface area (Å²) in [6, 6.07) is 19.7. The number of rotatable bonds is 8. The molecule has 0 saturated carbocycles. The van der Waals surface area contributed by atoms with Crippen molar-refractivity contribution >= 4 is 16.9 Å². The van der Waals surface area contributed by atoms with Crippen LogP contribution in [0.2, 0.25) is 0 Å². The summed E-state index contributed by atoms with van der Waals surface area (Å²) in [6.07, 6.45) is 4.42. The smallest absolute Gasteiger partial charge is 0.277 e. The van der Waals surface area contributed by atoms with E-state index in [1.165, 1.54) is 9.47 Å². The Morgan fingerprint density at radius 2 is 1.83 bits per heavy atom. The van der Waals surface area contributed by atoms with Crippen LogP contribution in [0.5, 0.6) is 0 Å². The number of benzene rings is 2. The summed E-state index contributed by atoms with van der Waals surface area (Å²) in [5.41, 5.74) is 4.48. The van der Waals surface area contributed by atoms with E-state index in [2.05, 4.69) is 13.0 Å². The zero-order chi connectivity index (χ0) is 24.9. The van der Waals surface area contributed by atoms with Crippen molar-refractivity contribution in [2.75, 3.05) is 14.1 Å². The summed E-state index contributed by atoms with van der Waals surface area (Å²) in [5, 5.41) is 9.43. The number of hydrogen-bond donors (Lipinski definition) is 0. The van der Waals surface area contributed by atoms with Gasteiger partial charge >= 0.3 is 0 Å². The highest BCUT2D eigenvalue weighted by Gasteiger charge is 2.17. The summed E-state index contributed by atoms with van der Waals surface area (Å²) in [6.45, 7) is 2.62. The molecule has 0 fully saturated rings. The predicted octanol–water partition coefficient (Wildman–Crippen LogP) is 4.22. The van der Waals surface area contributed by atoms with Crippen molar-refractivity contribution in [3.63, 3.8) is 0 Å². The lowest BCUT2D eigenvalue weighted by Gasteiger charge is -2.13. The van der Waals surface area contributed by atoms with Crippen LogP contribution in [0, 0.1) is 11.3 Å². The Kier molecular flexibility index (Phi) is 7.11. The second kappa shape index (κ2) is 10.4. The van der Waals surface area contributed by atoms with Crippen LogP contribution in [0.1, 0.15) is 36.7 Å². The Labute approximate surface area is 204 Å². The van der Waals surface area contributed by atoms with Gasteiger partial charge in [0.1, 0.15) is 17.9 Å². The molecule has 7 nitrogen and oxygen atoms in total. The SMILES string of the molecule is CCCCc1nc2ccn(CC(=O)N(C)C)c(=O)c2n1Cc1ccc(-c2ccccc2C#N)cc1. The minimum atomic E-state index is -0.215. The normalized spacial score (nSPS) is 10.9. The van der Waals surface area contributed by atoms with E-state index >= 15 is 0 Å². The molecular formula is C28H29N5O2. The van der Waals surface area contributed by atoms with Crippen molar-refractivity contribution in [1.82, 2.24) is 19.0 Å². The molecule has 2 aromatic carbocycles. The third-order valence-corrected chi connectivity index (χ3v) is 6.16. The fourth-order valence-corrected chi connectivity index (χ4v) is 4.14. The van der Waals surface area contributed by atoms with Gasteiger partial charge in [-0.1, -0.05) is 55.8 Å². The van der Waals surface area contributed by atoms with E-state index in [9.17, 15) is 14.9 Å². The summed E-state index contributed by atoms with van der Waals surface area (Å²) in [4.78, 5) is 31.9. The van der Waals surface area contributed by atoms with E-state index in [1.807, 2.05) is 59.2 Å². The van der Waals surface area contributed by atoms with E-state index in [4.69, 9.17) is 4.98 Å². The largest absolute Gasteiger partial charge is 0.347 e. The highest BCUT2D eigenvalue weighted by Crippen LogP contribution is 2.24. The van der Waals surface area contributed by atoms with Crippen LogP contribution < -0.4 is 5.56 Å². The Hall–Kier alpha value is -4.18. The molecule has 0 N–H and O–H groups in total. The van der Waals surface area contributed by atoms with Crippen LogP contribution in [-0.2, 0) is 24.3 Å². The molecule has 35 heavy (non-hydrogen) atoms. The standard InChI is InChI=1S/C28H29N5O2/c1-4-5-10-25-30-24-15-16-32(19-26(34)31(2)3)28(35)27(24)33(25)18-20-11-13-21(14-12-20)23-9-7-6-8-22(23)17-29/h6-9,11-16H,4-5,10,18-19H2,1-3H3. The average Bonchev–Trinajstić information content (AvgIpc) is 3.22. The van der Waals surface area contributed by atoms with Gasteiger partial charge < -0.3 is 14.0 Å². The molecule has 0 aliphatic carbocycles. The number of aryl methyl sites for hydroxylation is 1. The van der Waals surface area contributed by atoms with Gasteiger partial charge in [0.05, 0.1) is 17.1 Å². The summed E-state index contributed by atoms with van der Waals surface area (Å²) in [7, 11) is 3.36. The maximum atomic E-state index is 13.4. The molecule has 0 aliphatic rings. The van der Waals surface area contributed by atoms with E-state index in [-0.39, 0.29) is 18.0 Å². The van der Waals surface area contributed by atoms with E-state index in [0.717, 1.165) is 41.8 Å². The van der Waals surface area contributed by atoms with Crippen LogP contribution in [0.3, 0.4) is 0 Å². The van der Waals surface area contributed by atoms with Crippen molar-refractivity contribution in [1.29, 1.82) is 5.26 Å². The van der Waals surface area contributed by atoms with E-state index < -0.39 is 0 Å². The highest BCUT2D eigenvalue weighted by atomic mass is 16.2. The molecule has 0 aliphatic heterocycles. The number of likely N-dealkylation sites (N-methyl/N-ethyl adjacent to an activating group) is 1. The number of hydrogen-bond acceptors (Lipinski definition) is 4. The zero-order valence-electron chi connectivity index (χ0n) is 20.4. The molecule has 0 atom stereocenters. The first-order chi connectivity index (χ1) is 16.9. The molecule has 4 rings (SSSR count). The molecular weight excluding hydrogens is 438 g/mol. The van der Waals surface area contributed by atoms with E-state index in [0.29, 0.717) is 23.1 Å². The monoisotopic (exact) mass is 467 g/mol. The molecule has 1 amide bonds. The lowest BCUT2D eigenvalue weighted by molar-refractivity contribution is -0.129. The van der Waals surface area contributed by atoms with Crippen molar-refractivity contribution in [3.05, 3.63) is 88.1 Å². The first kappa shape index (κ1) is 24.0. The first-order valence-electron chi connectivity index (χ1n) is 11.8. The number of imidazole rings is 1. The average molecular weight is 468 g/mol. The highest BCUT2D eigenvalue weighted by molar-refractivity contribution is 5.78. The Bertz CT molecular complexity index is 1460. The number of carbonyl (C=O) groups excluding carboxylic acids is 1. The molecule has 0 spiro atoms. The number of nitrogens with zero attached hydrogens (tertiary/aromatic N) is 5. The van der Waals surface area contributed by atoms with Crippen molar-refractivity contribution in [3.8, 4) is 17.2 Å². The molecule has 178 valence electrons. The number of carbonyl (C=O) groups is 1.